The van der Waals surface area contributed by atoms with Crippen molar-refractivity contribution < 1.29 is 9.90 Å². The number of hydrogen-bond donors (Lipinski definition) is 2. The maximum Gasteiger partial charge on any atom is 0.272 e. The summed E-state index contributed by atoms with van der Waals surface area (Å²) in [6.45, 7) is 1.79. The molecule has 1 heterocycles. The van der Waals surface area contributed by atoms with Crippen LogP contribution in [0.5, 0.6) is 5.75 Å². The van der Waals surface area contributed by atoms with E-state index in [1.165, 1.54) is 0 Å². The SMILES string of the molecule is Cc1cc(NC(=O)c2cc(Cl)cn2C2CC2)ccc1O. The van der Waals surface area contributed by atoms with E-state index in [0.29, 0.717) is 22.4 Å². The van der Waals surface area contributed by atoms with E-state index in [4.69, 9.17) is 11.6 Å². The third-order valence-electron chi connectivity index (χ3n) is 3.44. The number of amides is 1. The molecule has 1 amide bonds. The quantitative estimate of drug-likeness (QED) is 0.846. The van der Waals surface area contributed by atoms with Crippen LogP contribution in [0.4, 0.5) is 5.69 Å². The minimum Gasteiger partial charge on any atom is -0.508 e. The number of nitrogens with one attached hydrogen (secondary N) is 1. The van der Waals surface area contributed by atoms with Gasteiger partial charge in [0.05, 0.1) is 5.02 Å². The van der Waals surface area contributed by atoms with E-state index in [9.17, 15) is 9.90 Å². The number of carbonyl (C=O) groups is 1. The first-order chi connectivity index (χ1) is 9.54. The molecule has 1 saturated carbocycles. The Morgan fingerprint density at radius 2 is 2.15 bits per heavy atom. The highest BCUT2D eigenvalue weighted by atomic mass is 35.5. The average molecular weight is 291 g/mol. The summed E-state index contributed by atoms with van der Waals surface area (Å²) < 4.78 is 1.94. The molecule has 5 heteroatoms. The predicted octanol–water partition coefficient (Wildman–Crippen LogP) is 3.74. The van der Waals surface area contributed by atoms with Gasteiger partial charge in [0.2, 0.25) is 0 Å². The molecule has 1 fully saturated rings. The van der Waals surface area contributed by atoms with Crippen molar-refractivity contribution in [2.75, 3.05) is 5.32 Å². The number of aromatic hydroxyl groups is 1. The fourth-order valence-corrected chi connectivity index (χ4v) is 2.42. The minimum atomic E-state index is -0.186. The molecular formula is C15H15ClN2O2. The number of hydrogen-bond acceptors (Lipinski definition) is 2. The van der Waals surface area contributed by atoms with Crippen LogP contribution in [-0.4, -0.2) is 15.6 Å². The second-order valence-electron chi connectivity index (χ2n) is 5.14. The maximum absolute atomic E-state index is 12.3. The lowest BCUT2D eigenvalue weighted by Gasteiger charge is -2.09. The molecule has 0 atom stereocenters. The van der Waals surface area contributed by atoms with Crippen LogP contribution < -0.4 is 5.32 Å². The molecule has 4 nitrogen and oxygen atoms in total. The topological polar surface area (TPSA) is 54.3 Å². The molecule has 0 bridgehead atoms. The normalized spacial score (nSPS) is 14.3. The van der Waals surface area contributed by atoms with Crippen LogP contribution in [0.15, 0.2) is 30.5 Å². The second kappa shape index (κ2) is 4.87. The summed E-state index contributed by atoms with van der Waals surface area (Å²) in [4.78, 5) is 12.3. The first-order valence-corrected chi connectivity index (χ1v) is 6.91. The molecule has 0 aliphatic heterocycles. The molecule has 1 aliphatic rings. The summed E-state index contributed by atoms with van der Waals surface area (Å²) in [6, 6.07) is 7.05. The Morgan fingerprint density at radius 3 is 2.80 bits per heavy atom. The van der Waals surface area contributed by atoms with E-state index >= 15 is 0 Å². The fraction of sp³-hybridized carbons (Fsp3) is 0.267. The number of aryl methyl sites for hydroxylation is 1. The van der Waals surface area contributed by atoms with Gasteiger partial charge in [0.25, 0.3) is 5.91 Å². The van der Waals surface area contributed by atoms with Crippen molar-refractivity contribution in [1.29, 1.82) is 0 Å². The van der Waals surface area contributed by atoms with E-state index < -0.39 is 0 Å². The average Bonchev–Trinajstić information content (AvgIpc) is 3.17. The molecule has 0 radical (unpaired) electrons. The molecule has 0 saturated heterocycles. The zero-order valence-corrected chi connectivity index (χ0v) is 11.8. The van der Waals surface area contributed by atoms with Crippen LogP contribution >= 0.6 is 11.6 Å². The summed E-state index contributed by atoms with van der Waals surface area (Å²) in [7, 11) is 0. The molecule has 1 aliphatic carbocycles. The van der Waals surface area contributed by atoms with Gasteiger partial charge < -0.3 is 15.0 Å². The summed E-state index contributed by atoms with van der Waals surface area (Å²) in [5.41, 5.74) is 1.95. The summed E-state index contributed by atoms with van der Waals surface area (Å²) >= 11 is 6.00. The van der Waals surface area contributed by atoms with Crippen molar-refractivity contribution in [1.82, 2.24) is 4.57 Å². The summed E-state index contributed by atoms with van der Waals surface area (Å²) in [5, 5.41) is 12.9. The molecule has 2 N–H and O–H groups in total. The number of benzene rings is 1. The highest BCUT2D eigenvalue weighted by molar-refractivity contribution is 6.31. The zero-order valence-electron chi connectivity index (χ0n) is 11.1. The molecule has 0 spiro atoms. The van der Waals surface area contributed by atoms with Crippen molar-refractivity contribution in [2.45, 2.75) is 25.8 Å². The van der Waals surface area contributed by atoms with Crippen molar-refractivity contribution >= 4 is 23.2 Å². The van der Waals surface area contributed by atoms with Gasteiger partial charge in [0.1, 0.15) is 11.4 Å². The summed E-state index contributed by atoms with van der Waals surface area (Å²) in [5.74, 6) is 0.0290. The second-order valence-corrected chi connectivity index (χ2v) is 5.57. The Morgan fingerprint density at radius 1 is 1.40 bits per heavy atom. The molecule has 1 aromatic carbocycles. The minimum absolute atomic E-state index is 0.186. The van der Waals surface area contributed by atoms with Gasteiger partial charge in [0.15, 0.2) is 0 Å². The Kier molecular flexibility index (Phi) is 3.18. The van der Waals surface area contributed by atoms with Crippen molar-refractivity contribution in [3.8, 4) is 5.75 Å². The number of phenolic OH excluding ortho intramolecular Hbond substituents is 1. The van der Waals surface area contributed by atoms with Crippen LogP contribution in [0, 0.1) is 6.92 Å². The fourth-order valence-electron chi connectivity index (χ4n) is 2.21. The van der Waals surface area contributed by atoms with E-state index in [-0.39, 0.29) is 11.7 Å². The summed E-state index contributed by atoms with van der Waals surface area (Å²) in [6.07, 6.45) is 3.98. The number of anilines is 1. The zero-order chi connectivity index (χ0) is 14.3. The molecule has 20 heavy (non-hydrogen) atoms. The van der Waals surface area contributed by atoms with Crippen molar-refractivity contribution in [3.63, 3.8) is 0 Å². The number of aromatic nitrogens is 1. The van der Waals surface area contributed by atoms with Gasteiger partial charge in [-0.3, -0.25) is 4.79 Å². The molecule has 2 aromatic rings. The first kappa shape index (κ1) is 13.1. The third-order valence-corrected chi connectivity index (χ3v) is 3.65. The van der Waals surface area contributed by atoms with E-state index in [2.05, 4.69) is 5.32 Å². The molecule has 3 rings (SSSR count). The Labute approximate surface area is 122 Å². The van der Waals surface area contributed by atoms with Crippen molar-refractivity contribution in [2.24, 2.45) is 0 Å². The van der Waals surface area contributed by atoms with E-state index in [1.54, 1.807) is 37.4 Å². The monoisotopic (exact) mass is 290 g/mol. The van der Waals surface area contributed by atoms with Crippen molar-refractivity contribution in [3.05, 3.63) is 46.7 Å². The van der Waals surface area contributed by atoms with Gasteiger partial charge >= 0.3 is 0 Å². The first-order valence-electron chi connectivity index (χ1n) is 6.53. The highest BCUT2D eigenvalue weighted by Crippen LogP contribution is 2.37. The van der Waals surface area contributed by atoms with Crippen LogP contribution in [0.3, 0.4) is 0 Å². The maximum atomic E-state index is 12.3. The Hall–Kier alpha value is -1.94. The van der Waals surface area contributed by atoms with Gasteiger partial charge in [-0.15, -0.1) is 0 Å². The highest BCUT2D eigenvalue weighted by Gasteiger charge is 2.27. The largest absolute Gasteiger partial charge is 0.508 e. The number of carbonyl (C=O) groups excluding carboxylic acids is 1. The molecule has 0 unspecified atom stereocenters. The predicted molar refractivity (Wildman–Crippen MR) is 78.5 cm³/mol. The van der Waals surface area contributed by atoms with Gasteiger partial charge in [-0.1, -0.05) is 11.6 Å². The van der Waals surface area contributed by atoms with Gasteiger partial charge in [-0.05, 0) is 49.6 Å². The lowest BCUT2D eigenvalue weighted by Crippen LogP contribution is -2.16. The molecular weight excluding hydrogens is 276 g/mol. The smallest absolute Gasteiger partial charge is 0.272 e. The van der Waals surface area contributed by atoms with Gasteiger partial charge in [-0.25, -0.2) is 0 Å². The number of rotatable bonds is 3. The van der Waals surface area contributed by atoms with Crippen LogP contribution in [0.1, 0.15) is 34.9 Å². The Balaban J connectivity index is 1.84. The molecule has 104 valence electrons. The van der Waals surface area contributed by atoms with Gasteiger partial charge in [0, 0.05) is 17.9 Å². The lowest BCUT2D eigenvalue weighted by atomic mass is 10.2. The third kappa shape index (κ3) is 2.51. The number of nitrogens with zero attached hydrogens (tertiary/aromatic N) is 1. The van der Waals surface area contributed by atoms with Gasteiger partial charge in [-0.2, -0.15) is 0 Å². The standard InChI is InChI=1S/C15H15ClN2O2/c1-9-6-11(2-5-14(9)19)17-15(20)13-7-10(16)8-18(13)12-3-4-12/h2,5-8,12,19H,3-4H2,1H3,(H,17,20). The Bertz CT molecular complexity index is 675. The number of phenols is 1. The number of halogens is 1. The van der Waals surface area contributed by atoms with Crippen LogP contribution in [0.2, 0.25) is 5.02 Å². The van der Waals surface area contributed by atoms with E-state index in [1.807, 2.05) is 4.57 Å². The van der Waals surface area contributed by atoms with Crippen LogP contribution in [-0.2, 0) is 0 Å². The molecule has 1 aromatic heterocycles. The van der Waals surface area contributed by atoms with E-state index in [0.717, 1.165) is 18.4 Å². The van der Waals surface area contributed by atoms with Crippen LogP contribution in [0.25, 0.3) is 0 Å². The lowest BCUT2D eigenvalue weighted by molar-refractivity contribution is 0.101.